The van der Waals surface area contributed by atoms with Gasteiger partial charge in [-0.15, -0.1) is 0 Å². The molecule has 2 N–H and O–H groups in total. The minimum atomic E-state index is -0.0442. The van der Waals surface area contributed by atoms with Crippen LogP contribution >= 0.6 is 0 Å². The van der Waals surface area contributed by atoms with Gasteiger partial charge in [0.15, 0.2) is 5.96 Å². The summed E-state index contributed by atoms with van der Waals surface area (Å²) < 4.78 is 13.2. The smallest absolute Gasteiger partial charge is 0.191 e. The highest BCUT2D eigenvalue weighted by molar-refractivity contribution is 5.79. The molecule has 0 amide bonds. The number of hydrogen-bond acceptors (Lipinski definition) is 4. The summed E-state index contributed by atoms with van der Waals surface area (Å²) in [6.07, 6.45) is 0.930. The first-order valence-corrected chi connectivity index (χ1v) is 9.85. The topological polar surface area (TPSA) is 72.7 Å². The number of nitrogens with one attached hydrogen (secondary N) is 2. The SMILES string of the molecule is CCNC(=NCC(C)Oc1cccc(OC)c1)NCCCn1nc(C)cc1C. The Balaban J connectivity index is 1.79. The Hall–Kier alpha value is -2.70. The molecule has 28 heavy (non-hydrogen) atoms. The van der Waals surface area contributed by atoms with E-state index in [4.69, 9.17) is 9.47 Å². The third-order valence-corrected chi connectivity index (χ3v) is 4.17. The lowest BCUT2D eigenvalue weighted by atomic mass is 10.3. The molecule has 0 aliphatic heterocycles. The highest BCUT2D eigenvalue weighted by atomic mass is 16.5. The molecule has 1 unspecified atom stereocenters. The van der Waals surface area contributed by atoms with Gasteiger partial charge in [-0.3, -0.25) is 4.68 Å². The van der Waals surface area contributed by atoms with Crippen molar-refractivity contribution in [1.82, 2.24) is 20.4 Å². The third-order valence-electron chi connectivity index (χ3n) is 4.17. The van der Waals surface area contributed by atoms with E-state index in [-0.39, 0.29) is 6.10 Å². The van der Waals surface area contributed by atoms with Crippen LogP contribution in [0.15, 0.2) is 35.3 Å². The summed E-state index contributed by atoms with van der Waals surface area (Å²) in [4.78, 5) is 4.63. The predicted molar refractivity (Wildman–Crippen MR) is 113 cm³/mol. The maximum atomic E-state index is 5.93. The molecule has 0 radical (unpaired) electrons. The number of aliphatic imine (C=N–C) groups is 1. The Bertz CT molecular complexity index is 757. The van der Waals surface area contributed by atoms with Crippen LogP contribution in [0.3, 0.4) is 0 Å². The van der Waals surface area contributed by atoms with E-state index in [1.54, 1.807) is 7.11 Å². The summed E-state index contributed by atoms with van der Waals surface area (Å²) in [6, 6.07) is 9.71. The summed E-state index contributed by atoms with van der Waals surface area (Å²) in [5.74, 6) is 2.37. The van der Waals surface area contributed by atoms with Crippen molar-refractivity contribution in [1.29, 1.82) is 0 Å². The largest absolute Gasteiger partial charge is 0.497 e. The third kappa shape index (κ3) is 7.13. The van der Waals surface area contributed by atoms with Gasteiger partial charge in [-0.05, 0) is 52.3 Å². The zero-order valence-electron chi connectivity index (χ0n) is 17.7. The molecule has 7 heteroatoms. The Morgan fingerprint density at radius 2 is 2.00 bits per heavy atom. The van der Waals surface area contributed by atoms with E-state index in [0.717, 1.165) is 49.2 Å². The Labute approximate surface area is 168 Å². The number of methoxy groups -OCH3 is 1. The number of aromatic nitrogens is 2. The van der Waals surface area contributed by atoms with Crippen LogP contribution in [0.2, 0.25) is 0 Å². The van der Waals surface area contributed by atoms with Crippen molar-refractivity contribution < 1.29 is 9.47 Å². The molecule has 0 bridgehead atoms. The quantitative estimate of drug-likeness (QED) is 0.373. The Morgan fingerprint density at radius 3 is 2.68 bits per heavy atom. The van der Waals surface area contributed by atoms with Gasteiger partial charge in [-0.25, -0.2) is 4.99 Å². The number of hydrogen-bond donors (Lipinski definition) is 2. The van der Waals surface area contributed by atoms with Gasteiger partial charge in [0.1, 0.15) is 17.6 Å². The second kappa shape index (κ2) is 11.2. The van der Waals surface area contributed by atoms with Crippen molar-refractivity contribution in [2.45, 2.75) is 46.8 Å². The van der Waals surface area contributed by atoms with Crippen LogP contribution < -0.4 is 20.1 Å². The Morgan fingerprint density at radius 1 is 1.21 bits per heavy atom. The monoisotopic (exact) mass is 387 g/mol. The van der Waals surface area contributed by atoms with E-state index in [2.05, 4.69) is 40.6 Å². The van der Waals surface area contributed by atoms with E-state index >= 15 is 0 Å². The van der Waals surface area contributed by atoms with Crippen LogP contribution in [-0.2, 0) is 6.54 Å². The first kappa shape index (κ1) is 21.6. The molecular weight excluding hydrogens is 354 g/mol. The van der Waals surface area contributed by atoms with Gasteiger partial charge in [0, 0.05) is 31.4 Å². The van der Waals surface area contributed by atoms with Crippen LogP contribution in [0.4, 0.5) is 0 Å². The van der Waals surface area contributed by atoms with Gasteiger partial charge < -0.3 is 20.1 Å². The Kier molecular flexibility index (Phi) is 8.65. The zero-order valence-corrected chi connectivity index (χ0v) is 17.7. The molecule has 0 spiro atoms. The lowest BCUT2D eigenvalue weighted by Gasteiger charge is -2.15. The number of nitrogens with zero attached hydrogens (tertiary/aromatic N) is 3. The van der Waals surface area contributed by atoms with Crippen molar-refractivity contribution in [3.63, 3.8) is 0 Å². The molecule has 1 aromatic heterocycles. The number of aryl methyl sites for hydroxylation is 3. The van der Waals surface area contributed by atoms with Crippen LogP contribution in [-0.4, -0.2) is 48.6 Å². The van der Waals surface area contributed by atoms with Crippen molar-refractivity contribution in [2.24, 2.45) is 4.99 Å². The second-order valence-electron chi connectivity index (χ2n) is 6.76. The molecule has 0 fully saturated rings. The van der Waals surface area contributed by atoms with E-state index in [0.29, 0.717) is 6.54 Å². The van der Waals surface area contributed by atoms with Crippen LogP contribution in [0.5, 0.6) is 11.5 Å². The van der Waals surface area contributed by atoms with Crippen LogP contribution in [0.25, 0.3) is 0 Å². The average molecular weight is 388 g/mol. The summed E-state index contributed by atoms with van der Waals surface area (Å²) in [5.41, 5.74) is 2.26. The molecule has 7 nitrogen and oxygen atoms in total. The molecule has 2 aromatic rings. The molecule has 154 valence electrons. The standard InChI is InChI=1S/C21H33N5O2/c1-6-22-21(23-11-8-12-26-17(3)13-16(2)25-26)24-15-18(4)28-20-10-7-9-19(14-20)27-5/h7,9-10,13-14,18H,6,8,11-12,15H2,1-5H3,(H2,22,23,24). The van der Waals surface area contributed by atoms with Gasteiger partial charge in [0.05, 0.1) is 19.3 Å². The summed E-state index contributed by atoms with van der Waals surface area (Å²) in [7, 11) is 1.65. The number of rotatable bonds is 10. The first-order chi connectivity index (χ1) is 13.5. The second-order valence-corrected chi connectivity index (χ2v) is 6.76. The van der Waals surface area contributed by atoms with Gasteiger partial charge in [0.25, 0.3) is 0 Å². The molecule has 1 aromatic carbocycles. The zero-order chi connectivity index (χ0) is 20.4. The highest BCUT2D eigenvalue weighted by Crippen LogP contribution is 2.19. The van der Waals surface area contributed by atoms with E-state index < -0.39 is 0 Å². The number of guanidine groups is 1. The van der Waals surface area contributed by atoms with Gasteiger partial charge in [0.2, 0.25) is 0 Å². The predicted octanol–water partition coefficient (Wildman–Crippen LogP) is 2.92. The number of ether oxygens (including phenoxy) is 2. The summed E-state index contributed by atoms with van der Waals surface area (Å²) in [6.45, 7) is 11.3. The molecule has 1 heterocycles. The van der Waals surface area contributed by atoms with Gasteiger partial charge in [-0.2, -0.15) is 5.10 Å². The van der Waals surface area contributed by atoms with Gasteiger partial charge in [-0.1, -0.05) is 6.07 Å². The summed E-state index contributed by atoms with van der Waals surface area (Å²) in [5, 5.41) is 11.1. The fraction of sp³-hybridized carbons (Fsp3) is 0.524. The van der Waals surface area contributed by atoms with E-state index in [1.165, 1.54) is 5.69 Å². The van der Waals surface area contributed by atoms with Crippen molar-refractivity contribution in [2.75, 3.05) is 26.7 Å². The molecule has 1 atom stereocenters. The first-order valence-electron chi connectivity index (χ1n) is 9.85. The molecular formula is C21H33N5O2. The molecule has 0 saturated heterocycles. The van der Waals surface area contributed by atoms with Crippen molar-refractivity contribution in [3.8, 4) is 11.5 Å². The van der Waals surface area contributed by atoms with E-state index in [9.17, 15) is 0 Å². The van der Waals surface area contributed by atoms with Crippen molar-refractivity contribution >= 4 is 5.96 Å². The van der Waals surface area contributed by atoms with Gasteiger partial charge >= 0.3 is 0 Å². The molecule has 2 rings (SSSR count). The lowest BCUT2D eigenvalue weighted by molar-refractivity contribution is 0.229. The highest BCUT2D eigenvalue weighted by Gasteiger charge is 2.06. The maximum absolute atomic E-state index is 5.93. The minimum Gasteiger partial charge on any atom is -0.497 e. The normalized spacial score (nSPS) is 12.5. The molecule has 0 saturated carbocycles. The minimum absolute atomic E-state index is 0.0442. The number of benzene rings is 1. The average Bonchev–Trinajstić information content (AvgIpc) is 3.00. The fourth-order valence-corrected chi connectivity index (χ4v) is 2.84. The van der Waals surface area contributed by atoms with E-state index in [1.807, 2.05) is 42.8 Å². The maximum Gasteiger partial charge on any atom is 0.191 e. The molecule has 0 aliphatic rings. The molecule has 0 aliphatic carbocycles. The van der Waals surface area contributed by atoms with Crippen molar-refractivity contribution in [3.05, 3.63) is 41.7 Å². The fourth-order valence-electron chi connectivity index (χ4n) is 2.84. The lowest BCUT2D eigenvalue weighted by Crippen LogP contribution is -2.38. The summed E-state index contributed by atoms with van der Waals surface area (Å²) >= 11 is 0. The van der Waals surface area contributed by atoms with Crippen LogP contribution in [0.1, 0.15) is 31.7 Å². The van der Waals surface area contributed by atoms with Crippen LogP contribution in [0, 0.1) is 13.8 Å².